The summed E-state index contributed by atoms with van der Waals surface area (Å²) in [6, 6.07) is 0. The van der Waals surface area contributed by atoms with Crippen molar-refractivity contribution >= 4 is 5.97 Å². The number of hydrogen-bond acceptors (Lipinski definition) is 2. The number of hydrogen-bond donors (Lipinski definition) is 0. The van der Waals surface area contributed by atoms with Crippen LogP contribution in [-0.4, -0.2) is 12.6 Å². The van der Waals surface area contributed by atoms with Crippen LogP contribution in [0.1, 0.15) is 19.8 Å². The Morgan fingerprint density at radius 3 is 2.93 bits per heavy atom. The highest BCUT2D eigenvalue weighted by Gasteiger charge is 2.33. The maximum absolute atomic E-state index is 11.1. The number of carbonyl (C=O) groups is 1. The summed E-state index contributed by atoms with van der Waals surface area (Å²) in [6.45, 7) is 2.28. The van der Waals surface area contributed by atoms with Gasteiger partial charge in [-0.3, -0.25) is 0 Å². The van der Waals surface area contributed by atoms with E-state index in [0.717, 1.165) is 5.92 Å². The third-order valence-electron chi connectivity index (χ3n) is 3.10. The van der Waals surface area contributed by atoms with Crippen LogP contribution in [0.25, 0.3) is 0 Å². The number of rotatable bonds is 3. The molecule has 3 unspecified atom stereocenters. The molecule has 0 spiro atoms. The van der Waals surface area contributed by atoms with Gasteiger partial charge in [0.05, 0.1) is 6.61 Å². The fourth-order valence-corrected chi connectivity index (χ4v) is 2.44. The minimum atomic E-state index is -0.209. The first-order valence-electron chi connectivity index (χ1n) is 5.33. The van der Waals surface area contributed by atoms with Gasteiger partial charge in [0, 0.05) is 6.08 Å². The van der Waals surface area contributed by atoms with E-state index >= 15 is 0 Å². The summed E-state index contributed by atoms with van der Waals surface area (Å²) < 4.78 is 4.84. The zero-order chi connectivity index (χ0) is 9.97. The zero-order valence-electron chi connectivity index (χ0n) is 8.48. The van der Waals surface area contributed by atoms with Crippen molar-refractivity contribution in [1.29, 1.82) is 0 Å². The quantitative estimate of drug-likeness (QED) is 0.389. The molecule has 2 nitrogen and oxygen atoms in total. The predicted octanol–water partition coefficient (Wildman–Crippen LogP) is 2.32. The number of fused-ring (bicyclic) bond motifs is 2. The maximum atomic E-state index is 11.1. The minimum absolute atomic E-state index is 0.209. The molecule has 2 rings (SSSR count). The maximum Gasteiger partial charge on any atom is 0.330 e. The molecule has 76 valence electrons. The molecule has 2 bridgehead atoms. The van der Waals surface area contributed by atoms with Gasteiger partial charge in [0.1, 0.15) is 0 Å². The number of ether oxygens (including phenoxy) is 1. The van der Waals surface area contributed by atoms with Gasteiger partial charge >= 0.3 is 5.97 Å². The highest BCUT2D eigenvalue weighted by atomic mass is 16.5. The number of allylic oxidation sites excluding steroid dienone is 3. The van der Waals surface area contributed by atoms with Crippen LogP contribution in [0, 0.1) is 17.8 Å². The average Bonchev–Trinajstić information content (AvgIpc) is 2.76. The van der Waals surface area contributed by atoms with E-state index < -0.39 is 0 Å². The zero-order valence-corrected chi connectivity index (χ0v) is 8.48. The first kappa shape index (κ1) is 9.50. The van der Waals surface area contributed by atoms with Gasteiger partial charge in [-0.25, -0.2) is 4.79 Å². The lowest BCUT2D eigenvalue weighted by atomic mass is 9.93. The van der Waals surface area contributed by atoms with Gasteiger partial charge in [-0.2, -0.15) is 0 Å². The molecule has 0 radical (unpaired) electrons. The van der Waals surface area contributed by atoms with Crippen molar-refractivity contribution in [1.82, 2.24) is 0 Å². The van der Waals surface area contributed by atoms with E-state index in [9.17, 15) is 4.79 Å². The Hall–Kier alpha value is -1.05. The van der Waals surface area contributed by atoms with Crippen LogP contribution in [-0.2, 0) is 9.53 Å². The van der Waals surface area contributed by atoms with Gasteiger partial charge in [0.2, 0.25) is 0 Å². The van der Waals surface area contributed by atoms with E-state index in [-0.39, 0.29) is 5.97 Å². The second-order valence-corrected chi connectivity index (χ2v) is 4.06. The molecule has 14 heavy (non-hydrogen) atoms. The van der Waals surface area contributed by atoms with E-state index in [1.54, 1.807) is 6.08 Å². The molecule has 0 N–H and O–H groups in total. The highest BCUT2D eigenvalue weighted by Crippen LogP contribution is 2.43. The Kier molecular flexibility index (Phi) is 2.71. The molecule has 1 saturated carbocycles. The number of esters is 1. The average molecular weight is 192 g/mol. The smallest absolute Gasteiger partial charge is 0.330 e. The molecule has 2 aliphatic carbocycles. The predicted molar refractivity (Wildman–Crippen MR) is 54.6 cm³/mol. The van der Waals surface area contributed by atoms with Crippen molar-refractivity contribution < 1.29 is 9.53 Å². The third-order valence-corrected chi connectivity index (χ3v) is 3.10. The van der Waals surface area contributed by atoms with Crippen LogP contribution in [0.4, 0.5) is 0 Å². The molecule has 0 heterocycles. The third kappa shape index (κ3) is 1.89. The number of carbonyl (C=O) groups excluding carboxylic acids is 1. The van der Waals surface area contributed by atoms with Crippen molar-refractivity contribution in [2.45, 2.75) is 19.8 Å². The Bertz CT molecular complexity index is 278. The second-order valence-electron chi connectivity index (χ2n) is 4.06. The van der Waals surface area contributed by atoms with Crippen molar-refractivity contribution in [2.24, 2.45) is 17.8 Å². The molecule has 0 aliphatic heterocycles. The van der Waals surface area contributed by atoms with Crippen LogP contribution >= 0.6 is 0 Å². The SMILES string of the molecule is CCOC(=O)C=CC1CC2C=CC1C2. The Morgan fingerprint density at radius 2 is 2.36 bits per heavy atom. The summed E-state index contributed by atoms with van der Waals surface area (Å²) in [4.78, 5) is 11.1. The van der Waals surface area contributed by atoms with Crippen molar-refractivity contribution in [3.63, 3.8) is 0 Å². The molecule has 2 heteroatoms. The van der Waals surface area contributed by atoms with Gasteiger partial charge in [-0.1, -0.05) is 18.2 Å². The summed E-state index contributed by atoms with van der Waals surface area (Å²) in [5.41, 5.74) is 0. The van der Waals surface area contributed by atoms with Crippen LogP contribution < -0.4 is 0 Å². The Labute approximate surface area is 84.6 Å². The lowest BCUT2D eigenvalue weighted by molar-refractivity contribution is -0.137. The molecular weight excluding hydrogens is 176 g/mol. The van der Waals surface area contributed by atoms with Crippen molar-refractivity contribution in [3.8, 4) is 0 Å². The molecule has 3 atom stereocenters. The normalized spacial score (nSPS) is 34.2. The lowest BCUT2D eigenvalue weighted by Gasteiger charge is -2.12. The van der Waals surface area contributed by atoms with Gasteiger partial charge < -0.3 is 4.74 Å². The van der Waals surface area contributed by atoms with E-state index in [1.807, 2.05) is 13.0 Å². The van der Waals surface area contributed by atoms with Gasteiger partial charge in [-0.15, -0.1) is 0 Å². The molecule has 0 aromatic carbocycles. The van der Waals surface area contributed by atoms with Crippen LogP contribution in [0.2, 0.25) is 0 Å². The van der Waals surface area contributed by atoms with E-state index in [1.165, 1.54) is 12.8 Å². The molecule has 1 fully saturated rings. The van der Waals surface area contributed by atoms with E-state index in [0.29, 0.717) is 18.4 Å². The van der Waals surface area contributed by atoms with Gasteiger partial charge in [0.25, 0.3) is 0 Å². The lowest BCUT2D eigenvalue weighted by Crippen LogP contribution is -2.05. The Balaban J connectivity index is 1.86. The fraction of sp³-hybridized carbons (Fsp3) is 0.583. The molecule has 2 aliphatic rings. The molecule has 0 aromatic rings. The second kappa shape index (κ2) is 3.99. The first-order valence-corrected chi connectivity index (χ1v) is 5.33. The van der Waals surface area contributed by atoms with Gasteiger partial charge in [-0.05, 0) is 37.5 Å². The van der Waals surface area contributed by atoms with Gasteiger partial charge in [0.15, 0.2) is 0 Å². The van der Waals surface area contributed by atoms with Crippen LogP contribution in [0.15, 0.2) is 24.3 Å². The minimum Gasteiger partial charge on any atom is -0.463 e. The summed E-state index contributed by atoms with van der Waals surface area (Å²) in [5, 5.41) is 0. The standard InChI is InChI=1S/C12H16O2/c1-2-14-12(13)6-5-11-8-9-3-4-10(11)7-9/h3-6,9-11H,2,7-8H2,1H3. The topological polar surface area (TPSA) is 26.3 Å². The van der Waals surface area contributed by atoms with Crippen LogP contribution in [0.5, 0.6) is 0 Å². The van der Waals surface area contributed by atoms with E-state index in [4.69, 9.17) is 4.74 Å². The summed E-state index contributed by atoms with van der Waals surface area (Å²) in [6.07, 6.45) is 10.7. The molecule has 0 saturated heterocycles. The van der Waals surface area contributed by atoms with Crippen LogP contribution in [0.3, 0.4) is 0 Å². The Morgan fingerprint density at radius 1 is 1.50 bits per heavy atom. The molecular formula is C12H16O2. The van der Waals surface area contributed by atoms with E-state index in [2.05, 4.69) is 12.2 Å². The molecule has 0 amide bonds. The first-order chi connectivity index (χ1) is 6.79. The molecule has 0 aromatic heterocycles. The largest absolute Gasteiger partial charge is 0.463 e. The van der Waals surface area contributed by atoms with Crippen molar-refractivity contribution in [3.05, 3.63) is 24.3 Å². The fourth-order valence-electron chi connectivity index (χ4n) is 2.44. The summed E-state index contributed by atoms with van der Waals surface area (Å²) in [7, 11) is 0. The monoisotopic (exact) mass is 192 g/mol. The summed E-state index contributed by atoms with van der Waals surface area (Å²) >= 11 is 0. The highest BCUT2D eigenvalue weighted by molar-refractivity contribution is 5.81. The van der Waals surface area contributed by atoms with Crippen molar-refractivity contribution in [2.75, 3.05) is 6.61 Å². The summed E-state index contributed by atoms with van der Waals surface area (Å²) in [5.74, 6) is 1.79.